The Morgan fingerprint density at radius 1 is 1.07 bits per heavy atom. The summed E-state index contributed by atoms with van der Waals surface area (Å²) in [6, 6.07) is 1.57. The maximum Gasteiger partial charge on any atom is 0.0721 e. The first-order chi connectivity index (χ1) is 7.36. The first kappa shape index (κ1) is 10.1. The zero-order valence-corrected chi connectivity index (χ0v) is 9.43. The lowest BCUT2D eigenvalue weighted by atomic mass is 9.83. The summed E-state index contributed by atoms with van der Waals surface area (Å²) in [6.45, 7) is 3.23. The van der Waals surface area contributed by atoms with Gasteiger partial charge in [0, 0.05) is 18.7 Å². The van der Waals surface area contributed by atoms with Crippen LogP contribution in [-0.4, -0.2) is 37.4 Å². The number of rotatable bonds is 2. The van der Waals surface area contributed by atoms with Gasteiger partial charge in [-0.3, -0.25) is 0 Å². The topological polar surface area (TPSA) is 33.3 Å². The standard InChI is InChI=1S/C12H22N2O/c1-2-10(1)14-11-3-8-15-12(9-11)4-6-13-7-5-12/h10-11,13-14H,1-9H2. The van der Waals surface area contributed by atoms with E-state index in [-0.39, 0.29) is 5.60 Å². The lowest BCUT2D eigenvalue weighted by Gasteiger charge is -2.44. The van der Waals surface area contributed by atoms with Gasteiger partial charge in [-0.25, -0.2) is 0 Å². The summed E-state index contributed by atoms with van der Waals surface area (Å²) in [5.41, 5.74) is 0.218. The third kappa shape index (κ3) is 2.35. The number of piperidine rings is 1. The van der Waals surface area contributed by atoms with Crippen molar-refractivity contribution >= 4 is 0 Å². The van der Waals surface area contributed by atoms with Gasteiger partial charge >= 0.3 is 0 Å². The minimum atomic E-state index is 0.218. The van der Waals surface area contributed by atoms with Crippen LogP contribution in [0.5, 0.6) is 0 Å². The van der Waals surface area contributed by atoms with E-state index in [4.69, 9.17) is 4.74 Å². The molecule has 1 aliphatic carbocycles. The molecule has 2 saturated heterocycles. The van der Waals surface area contributed by atoms with Crippen molar-refractivity contribution in [1.82, 2.24) is 10.6 Å². The monoisotopic (exact) mass is 210 g/mol. The van der Waals surface area contributed by atoms with Crippen LogP contribution in [-0.2, 0) is 4.74 Å². The normalized spacial score (nSPS) is 35.6. The van der Waals surface area contributed by atoms with Crippen molar-refractivity contribution in [3.8, 4) is 0 Å². The fraction of sp³-hybridized carbons (Fsp3) is 1.00. The van der Waals surface area contributed by atoms with E-state index in [1.54, 1.807) is 0 Å². The molecule has 0 radical (unpaired) electrons. The van der Waals surface area contributed by atoms with Gasteiger partial charge in [0.15, 0.2) is 0 Å². The van der Waals surface area contributed by atoms with E-state index in [1.807, 2.05) is 0 Å². The fourth-order valence-electron chi connectivity index (χ4n) is 2.98. The van der Waals surface area contributed by atoms with Crippen LogP contribution in [0.2, 0.25) is 0 Å². The highest BCUT2D eigenvalue weighted by Crippen LogP contribution is 2.34. The Kier molecular flexibility index (Phi) is 2.71. The van der Waals surface area contributed by atoms with E-state index in [0.717, 1.165) is 31.8 Å². The molecule has 1 spiro atoms. The minimum absolute atomic E-state index is 0.218. The lowest BCUT2D eigenvalue weighted by Crippen LogP contribution is -2.52. The summed E-state index contributed by atoms with van der Waals surface area (Å²) in [5.74, 6) is 0. The Labute approximate surface area is 91.9 Å². The molecule has 0 amide bonds. The Bertz CT molecular complexity index is 216. The van der Waals surface area contributed by atoms with Crippen LogP contribution >= 0.6 is 0 Å². The van der Waals surface area contributed by atoms with Crippen molar-refractivity contribution in [2.75, 3.05) is 19.7 Å². The molecule has 1 saturated carbocycles. The molecule has 15 heavy (non-hydrogen) atoms. The molecule has 3 rings (SSSR count). The van der Waals surface area contributed by atoms with Crippen molar-refractivity contribution in [2.24, 2.45) is 0 Å². The summed E-state index contributed by atoms with van der Waals surface area (Å²) >= 11 is 0. The molecule has 86 valence electrons. The van der Waals surface area contributed by atoms with E-state index >= 15 is 0 Å². The molecule has 3 nitrogen and oxygen atoms in total. The molecule has 0 aromatic rings. The van der Waals surface area contributed by atoms with Crippen LogP contribution in [0.1, 0.15) is 38.5 Å². The van der Waals surface area contributed by atoms with Gasteiger partial charge < -0.3 is 15.4 Å². The van der Waals surface area contributed by atoms with Gasteiger partial charge in [-0.1, -0.05) is 0 Å². The Morgan fingerprint density at radius 2 is 1.87 bits per heavy atom. The molecule has 2 N–H and O–H groups in total. The average Bonchev–Trinajstić information content (AvgIpc) is 3.03. The Balaban J connectivity index is 1.58. The summed E-state index contributed by atoms with van der Waals surface area (Å²) < 4.78 is 6.06. The number of ether oxygens (including phenoxy) is 1. The summed E-state index contributed by atoms with van der Waals surface area (Å²) in [7, 11) is 0. The molecule has 1 unspecified atom stereocenters. The van der Waals surface area contributed by atoms with Crippen LogP contribution in [0.4, 0.5) is 0 Å². The summed E-state index contributed by atoms with van der Waals surface area (Å²) in [4.78, 5) is 0. The highest BCUT2D eigenvalue weighted by molar-refractivity contribution is 4.95. The minimum Gasteiger partial charge on any atom is -0.375 e. The van der Waals surface area contributed by atoms with E-state index in [9.17, 15) is 0 Å². The lowest BCUT2D eigenvalue weighted by molar-refractivity contribution is -0.105. The molecule has 0 aromatic carbocycles. The van der Waals surface area contributed by atoms with Crippen molar-refractivity contribution < 1.29 is 4.74 Å². The zero-order valence-electron chi connectivity index (χ0n) is 9.43. The van der Waals surface area contributed by atoms with Gasteiger partial charge in [-0.15, -0.1) is 0 Å². The van der Waals surface area contributed by atoms with Gasteiger partial charge in [0.1, 0.15) is 0 Å². The maximum absolute atomic E-state index is 6.06. The van der Waals surface area contributed by atoms with Gasteiger partial charge in [0.2, 0.25) is 0 Å². The van der Waals surface area contributed by atoms with Crippen LogP contribution in [0, 0.1) is 0 Å². The molecular formula is C12H22N2O. The second kappa shape index (κ2) is 4.04. The summed E-state index contributed by atoms with van der Waals surface area (Å²) in [6.07, 6.45) is 7.65. The first-order valence-corrected chi connectivity index (χ1v) is 6.47. The predicted octanol–water partition coefficient (Wildman–Crippen LogP) is 1.04. The second-order valence-electron chi connectivity index (χ2n) is 5.41. The number of hydrogen-bond acceptors (Lipinski definition) is 3. The fourth-order valence-corrected chi connectivity index (χ4v) is 2.98. The van der Waals surface area contributed by atoms with Gasteiger partial charge in [-0.2, -0.15) is 0 Å². The third-order valence-electron chi connectivity index (χ3n) is 4.06. The smallest absolute Gasteiger partial charge is 0.0721 e. The van der Waals surface area contributed by atoms with Crippen LogP contribution in [0.15, 0.2) is 0 Å². The SMILES string of the molecule is C1CC2(CCN1)CC(NC1CC1)CCO2. The van der Waals surface area contributed by atoms with Gasteiger partial charge in [0.25, 0.3) is 0 Å². The Morgan fingerprint density at radius 3 is 2.60 bits per heavy atom. The van der Waals surface area contributed by atoms with Gasteiger partial charge in [0.05, 0.1) is 5.60 Å². The largest absolute Gasteiger partial charge is 0.375 e. The summed E-state index contributed by atoms with van der Waals surface area (Å²) in [5, 5.41) is 7.19. The zero-order chi connectivity index (χ0) is 10.1. The molecule has 0 bridgehead atoms. The van der Waals surface area contributed by atoms with Crippen LogP contribution in [0.3, 0.4) is 0 Å². The molecule has 3 fully saturated rings. The van der Waals surface area contributed by atoms with E-state index in [0.29, 0.717) is 0 Å². The highest BCUT2D eigenvalue weighted by Gasteiger charge is 2.39. The van der Waals surface area contributed by atoms with Crippen molar-refractivity contribution in [2.45, 2.75) is 56.2 Å². The third-order valence-corrected chi connectivity index (χ3v) is 4.06. The molecule has 1 atom stereocenters. The molecule has 2 aliphatic heterocycles. The average molecular weight is 210 g/mol. The molecule has 3 aliphatic rings. The van der Waals surface area contributed by atoms with E-state index < -0.39 is 0 Å². The molecular weight excluding hydrogens is 188 g/mol. The molecule has 2 heterocycles. The quantitative estimate of drug-likeness (QED) is 0.714. The van der Waals surface area contributed by atoms with Gasteiger partial charge in [-0.05, 0) is 51.6 Å². The second-order valence-corrected chi connectivity index (χ2v) is 5.41. The van der Waals surface area contributed by atoms with Crippen molar-refractivity contribution in [3.05, 3.63) is 0 Å². The maximum atomic E-state index is 6.06. The number of hydrogen-bond donors (Lipinski definition) is 2. The molecule has 3 heteroatoms. The van der Waals surface area contributed by atoms with E-state index in [2.05, 4.69) is 10.6 Å². The highest BCUT2D eigenvalue weighted by atomic mass is 16.5. The predicted molar refractivity (Wildman–Crippen MR) is 60.0 cm³/mol. The van der Waals surface area contributed by atoms with Crippen molar-refractivity contribution in [3.63, 3.8) is 0 Å². The van der Waals surface area contributed by atoms with E-state index in [1.165, 1.54) is 38.5 Å². The Hall–Kier alpha value is -0.120. The molecule has 0 aromatic heterocycles. The van der Waals surface area contributed by atoms with Crippen LogP contribution in [0.25, 0.3) is 0 Å². The number of nitrogens with one attached hydrogen (secondary N) is 2. The van der Waals surface area contributed by atoms with Crippen molar-refractivity contribution in [1.29, 1.82) is 0 Å². The van der Waals surface area contributed by atoms with Crippen LogP contribution < -0.4 is 10.6 Å². The first-order valence-electron chi connectivity index (χ1n) is 6.47.